The third-order valence-electron chi connectivity index (χ3n) is 0.706. The van der Waals surface area contributed by atoms with E-state index in [0.29, 0.717) is 0 Å². The van der Waals surface area contributed by atoms with Gasteiger partial charge >= 0.3 is 10.2 Å². The zero-order valence-electron chi connectivity index (χ0n) is 6.09. The molecule has 0 fully saturated rings. The quantitative estimate of drug-likeness (QED) is 0.319. The van der Waals surface area contributed by atoms with Crippen LogP contribution in [-0.4, -0.2) is 34.1 Å². The van der Waals surface area contributed by atoms with Gasteiger partial charge in [-0.25, -0.2) is 4.21 Å². The van der Waals surface area contributed by atoms with Crippen molar-refractivity contribution in [2.75, 3.05) is 6.54 Å². The summed E-state index contributed by atoms with van der Waals surface area (Å²) in [6, 6.07) is 0. The van der Waals surface area contributed by atoms with Crippen molar-refractivity contribution in [3.63, 3.8) is 0 Å². The maximum atomic E-state index is 10.6. The summed E-state index contributed by atoms with van der Waals surface area (Å²) in [6.45, 7) is 1.47. The second-order valence-corrected chi connectivity index (χ2v) is 4.00. The Kier molecular flexibility index (Phi) is 4.77. The highest BCUT2D eigenvalue weighted by Gasteiger charge is 2.14. The summed E-state index contributed by atoms with van der Waals surface area (Å²) in [5, 5.41) is 8.87. The highest BCUT2D eigenvalue weighted by molar-refractivity contribution is 7.98. The van der Waals surface area contributed by atoms with E-state index in [9.17, 15) is 12.6 Å². The Hall–Kier alpha value is -0.100. The summed E-state index contributed by atoms with van der Waals surface area (Å²) in [5.74, 6) is 0. The molecule has 1 unspecified atom stereocenters. The average molecular weight is 219 g/mol. The van der Waals surface area contributed by atoms with Gasteiger partial charge in [0.05, 0.1) is 0 Å². The lowest BCUT2D eigenvalue weighted by molar-refractivity contribution is -0.108. The van der Waals surface area contributed by atoms with Crippen molar-refractivity contribution in [3.05, 3.63) is 0 Å². The first-order chi connectivity index (χ1) is 5.37. The molecule has 0 heterocycles. The zero-order valence-corrected chi connectivity index (χ0v) is 7.72. The van der Waals surface area contributed by atoms with Crippen molar-refractivity contribution in [2.24, 2.45) is 0 Å². The van der Waals surface area contributed by atoms with Gasteiger partial charge in [-0.1, -0.05) is 4.13 Å². The first-order valence-corrected chi connectivity index (χ1v) is 5.33. The minimum absolute atomic E-state index is 0.00102. The van der Waals surface area contributed by atoms with Gasteiger partial charge in [0.25, 0.3) is 0 Å². The van der Waals surface area contributed by atoms with E-state index in [-0.39, 0.29) is 11.7 Å². The lowest BCUT2D eigenvalue weighted by Crippen LogP contribution is -2.46. The zero-order chi connectivity index (χ0) is 9.78. The topological polar surface area (TPSA) is 119 Å². The van der Waals surface area contributed by atoms with E-state index in [1.54, 1.807) is 0 Å². The van der Waals surface area contributed by atoms with Crippen molar-refractivity contribution in [1.29, 1.82) is 0 Å². The van der Waals surface area contributed by atoms with Crippen LogP contribution in [0.15, 0.2) is 0 Å². The van der Waals surface area contributed by atoms with Gasteiger partial charge in [0, 0.05) is 6.54 Å². The van der Waals surface area contributed by atoms with Crippen LogP contribution >= 0.6 is 0 Å². The summed E-state index contributed by atoms with van der Waals surface area (Å²) in [4.78, 5) is 1.53. The van der Waals surface area contributed by atoms with E-state index in [1.807, 2.05) is 0 Å². The fourth-order valence-electron chi connectivity index (χ4n) is 0.316. The molecule has 0 spiro atoms. The minimum Gasteiger partial charge on any atom is -0.298 e. The third-order valence-corrected chi connectivity index (χ3v) is 2.61. The first-order valence-electron chi connectivity index (χ1n) is 2.74. The number of rotatable bonds is 5. The van der Waals surface area contributed by atoms with Crippen molar-refractivity contribution < 1.29 is 22.4 Å². The number of hydroxylamine groups is 1. The molecule has 0 saturated heterocycles. The van der Waals surface area contributed by atoms with Crippen molar-refractivity contribution in [3.8, 4) is 0 Å². The molecular formula is C2H9N3O5S2. The fourth-order valence-corrected chi connectivity index (χ4v) is 1.62. The molecule has 0 radical (unpaired) electrons. The Balaban J connectivity index is 4.15. The molecule has 0 amide bonds. The Morgan fingerprint density at radius 2 is 2.08 bits per heavy atom. The molecule has 8 nitrogen and oxygen atoms in total. The van der Waals surface area contributed by atoms with Crippen molar-refractivity contribution in [1.82, 2.24) is 14.1 Å². The monoisotopic (exact) mass is 219 g/mol. The maximum Gasteiger partial charge on any atom is 0.304 e. The summed E-state index contributed by atoms with van der Waals surface area (Å²) in [6.07, 6.45) is 0. The van der Waals surface area contributed by atoms with Crippen molar-refractivity contribution >= 4 is 21.5 Å². The number of nitrogens with zero attached hydrogens (tertiary/aromatic N) is 1. The van der Waals surface area contributed by atoms with E-state index in [4.69, 9.17) is 9.76 Å². The van der Waals surface area contributed by atoms with Gasteiger partial charge in [-0.3, -0.25) is 9.76 Å². The fraction of sp³-hybridized carbons (Fsp3) is 1.00. The standard InChI is InChI=1S/C2H9N3O5S2/c1-2-5(6)3-12(9,10)4-11(7)8/h3-4,6H,2H2,1H3,(H,7,8). The van der Waals surface area contributed by atoms with E-state index >= 15 is 0 Å². The lowest BCUT2D eigenvalue weighted by Gasteiger charge is -2.12. The molecule has 0 saturated carbocycles. The van der Waals surface area contributed by atoms with E-state index < -0.39 is 21.5 Å². The predicted molar refractivity (Wildman–Crippen MR) is 40.1 cm³/mol. The summed E-state index contributed by atoms with van der Waals surface area (Å²) < 4.78 is 40.6. The number of hydrazine groups is 1. The summed E-state index contributed by atoms with van der Waals surface area (Å²) >= 11 is -2.69. The van der Waals surface area contributed by atoms with Gasteiger partial charge in [0.2, 0.25) is 11.3 Å². The number of hydrogen-bond acceptors (Lipinski definition) is 5. The second kappa shape index (κ2) is 4.81. The van der Waals surface area contributed by atoms with Crippen LogP contribution in [0.1, 0.15) is 6.92 Å². The lowest BCUT2D eigenvalue weighted by atomic mass is 10.8. The van der Waals surface area contributed by atoms with E-state index in [0.717, 1.165) is 0 Å². The SMILES string of the molecule is CCN(O)NS(=O)(=O)NS(=O)O. The smallest absolute Gasteiger partial charge is 0.298 e. The Morgan fingerprint density at radius 3 is 2.42 bits per heavy atom. The van der Waals surface area contributed by atoms with Crippen molar-refractivity contribution in [2.45, 2.75) is 6.92 Å². The van der Waals surface area contributed by atoms with Crippen LogP contribution in [0.3, 0.4) is 0 Å². The van der Waals surface area contributed by atoms with Crippen LogP contribution in [-0.2, 0) is 21.5 Å². The maximum absolute atomic E-state index is 10.6. The summed E-state index contributed by atoms with van der Waals surface area (Å²) in [5.41, 5.74) is 0. The van der Waals surface area contributed by atoms with Gasteiger partial charge in [-0.05, 0) is 6.92 Å². The molecule has 0 aliphatic carbocycles. The summed E-state index contributed by atoms with van der Waals surface area (Å²) in [7, 11) is -4.17. The highest BCUT2D eigenvalue weighted by atomic mass is 32.3. The Labute approximate surface area is 72.1 Å². The van der Waals surface area contributed by atoms with E-state index in [1.165, 1.54) is 15.9 Å². The molecule has 0 aromatic carbocycles. The minimum atomic E-state index is -4.17. The number of hydrogen-bond donors (Lipinski definition) is 4. The average Bonchev–Trinajstić information content (AvgIpc) is 1.83. The van der Waals surface area contributed by atoms with Crippen LogP contribution in [0.5, 0.6) is 0 Å². The molecule has 0 aliphatic heterocycles. The largest absolute Gasteiger partial charge is 0.304 e. The predicted octanol–water partition coefficient (Wildman–Crippen LogP) is -1.83. The van der Waals surface area contributed by atoms with Gasteiger partial charge in [0.15, 0.2) is 0 Å². The van der Waals surface area contributed by atoms with Gasteiger partial charge in [-0.2, -0.15) is 8.42 Å². The first kappa shape index (κ1) is 11.9. The highest BCUT2D eigenvalue weighted by Crippen LogP contribution is 1.81. The third kappa shape index (κ3) is 5.54. The molecule has 10 heteroatoms. The van der Waals surface area contributed by atoms with Crippen LogP contribution in [0, 0.1) is 0 Å². The Bertz CT molecular complexity index is 249. The Morgan fingerprint density at radius 1 is 1.58 bits per heavy atom. The van der Waals surface area contributed by atoms with Crippen LogP contribution in [0.25, 0.3) is 0 Å². The molecule has 1 atom stereocenters. The van der Waals surface area contributed by atoms with Crippen LogP contribution < -0.4 is 8.96 Å². The normalized spacial score (nSPS) is 15.0. The molecule has 0 aliphatic rings. The van der Waals surface area contributed by atoms with Crippen LogP contribution in [0.4, 0.5) is 0 Å². The van der Waals surface area contributed by atoms with Gasteiger partial charge in [-0.15, -0.1) is 10.0 Å². The van der Waals surface area contributed by atoms with Gasteiger partial charge in [0.1, 0.15) is 0 Å². The molecule has 74 valence electrons. The molecule has 0 aromatic rings. The molecule has 0 aromatic heterocycles. The molecular weight excluding hydrogens is 210 g/mol. The number of nitrogens with one attached hydrogen (secondary N) is 2. The molecule has 12 heavy (non-hydrogen) atoms. The molecule has 0 rings (SSSR count). The second-order valence-electron chi connectivity index (χ2n) is 1.64. The molecule has 4 N–H and O–H groups in total. The van der Waals surface area contributed by atoms with Gasteiger partial charge < -0.3 is 0 Å². The van der Waals surface area contributed by atoms with Crippen LogP contribution in [0.2, 0.25) is 0 Å². The molecule has 0 bridgehead atoms. The van der Waals surface area contributed by atoms with E-state index in [2.05, 4.69) is 0 Å².